The van der Waals surface area contributed by atoms with E-state index in [1.807, 2.05) is 6.07 Å². The first kappa shape index (κ1) is 17.7. The maximum Gasteiger partial charge on any atom is 0.261 e. The third kappa shape index (κ3) is 3.72. The Morgan fingerprint density at radius 1 is 0.963 bits per heavy atom. The molecule has 0 radical (unpaired) electrons. The molecule has 4 nitrogen and oxygen atoms in total. The Hall–Kier alpha value is -2.69. The predicted octanol–water partition coefficient (Wildman–Crippen LogP) is 4.55. The van der Waals surface area contributed by atoms with Crippen molar-refractivity contribution < 1.29 is 18.7 Å². The van der Waals surface area contributed by atoms with Crippen LogP contribution >= 0.6 is 0 Å². The number of ether oxygens (including phenoxy) is 1. The molecule has 2 aromatic rings. The molecule has 0 N–H and O–H groups in total. The van der Waals surface area contributed by atoms with Crippen LogP contribution in [0.2, 0.25) is 0 Å². The van der Waals surface area contributed by atoms with Gasteiger partial charge in [-0.3, -0.25) is 14.5 Å². The molecular formula is C22H22FNO3. The van der Waals surface area contributed by atoms with E-state index in [2.05, 4.69) is 0 Å². The first-order valence-electron chi connectivity index (χ1n) is 9.52. The molecule has 140 valence electrons. The molecule has 0 unspecified atom stereocenters. The van der Waals surface area contributed by atoms with Gasteiger partial charge in [0, 0.05) is 6.54 Å². The van der Waals surface area contributed by atoms with Crippen molar-refractivity contribution in [3.05, 3.63) is 65.0 Å². The molecule has 0 atom stereocenters. The van der Waals surface area contributed by atoms with E-state index in [1.54, 1.807) is 30.3 Å². The second-order valence-corrected chi connectivity index (χ2v) is 7.17. The van der Waals surface area contributed by atoms with Gasteiger partial charge in [-0.25, -0.2) is 4.39 Å². The predicted molar refractivity (Wildman–Crippen MR) is 99.5 cm³/mol. The molecule has 5 heteroatoms. The molecule has 2 aliphatic rings. The molecule has 1 fully saturated rings. The van der Waals surface area contributed by atoms with Gasteiger partial charge in [0.05, 0.1) is 17.7 Å². The molecule has 1 heterocycles. The van der Waals surface area contributed by atoms with E-state index in [0.717, 1.165) is 37.7 Å². The van der Waals surface area contributed by atoms with E-state index in [0.29, 0.717) is 35.9 Å². The lowest BCUT2D eigenvalue weighted by Crippen LogP contribution is -2.30. The van der Waals surface area contributed by atoms with Crippen LogP contribution in [0.1, 0.15) is 64.3 Å². The molecule has 27 heavy (non-hydrogen) atoms. The third-order valence-corrected chi connectivity index (χ3v) is 5.16. The van der Waals surface area contributed by atoms with Crippen molar-refractivity contribution in [3.63, 3.8) is 0 Å². The summed E-state index contributed by atoms with van der Waals surface area (Å²) < 4.78 is 19.5. The molecular weight excluding hydrogens is 345 g/mol. The van der Waals surface area contributed by atoms with E-state index in [4.69, 9.17) is 4.74 Å². The van der Waals surface area contributed by atoms with E-state index in [9.17, 15) is 14.0 Å². The fourth-order valence-electron chi connectivity index (χ4n) is 3.50. The number of fused-ring (bicyclic) bond motifs is 1. The lowest BCUT2D eigenvalue weighted by Gasteiger charge is -2.13. The highest BCUT2D eigenvalue weighted by molar-refractivity contribution is 6.21. The summed E-state index contributed by atoms with van der Waals surface area (Å²) in [5.74, 6) is 0.509. The van der Waals surface area contributed by atoms with Crippen LogP contribution in [0.4, 0.5) is 4.39 Å². The number of hydrogen-bond donors (Lipinski definition) is 0. The van der Waals surface area contributed by atoms with Gasteiger partial charge in [-0.1, -0.05) is 12.1 Å². The van der Waals surface area contributed by atoms with Crippen LogP contribution in [-0.4, -0.2) is 29.9 Å². The van der Waals surface area contributed by atoms with Gasteiger partial charge < -0.3 is 4.74 Å². The molecule has 1 aliphatic heterocycles. The van der Waals surface area contributed by atoms with Crippen molar-refractivity contribution in [1.29, 1.82) is 0 Å². The van der Waals surface area contributed by atoms with Crippen LogP contribution in [0.25, 0.3) is 0 Å². The number of unbranched alkanes of at least 4 members (excludes halogenated alkanes) is 2. The second-order valence-electron chi connectivity index (χ2n) is 7.17. The zero-order valence-electron chi connectivity index (χ0n) is 15.1. The Morgan fingerprint density at radius 2 is 1.67 bits per heavy atom. The molecule has 2 aromatic carbocycles. The minimum Gasteiger partial charge on any atom is -0.494 e. The Balaban J connectivity index is 1.20. The van der Waals surface area contributed by atoms with Gasteiger partial charge in [0.15, 0.2) is 0 Å². The van der Waals surface area contributed by atoms with Crippen molar-refractivity contribution in [2.75, 3.05) is 13.2 Å². The van der Waals surface area contributed by atoms with Crippen LogP contribution in [-0.2, 0) is 0 Å². The first-order chi connectivity index (χ1) is 13.1. The van der Waals surface area contributed by atoms with E-state index >= 15 is 0 Å². The lowest BCUT2D eigenvalue weighted by molar-refractivity contribution is 0.0651. The molecule has 0 aromatic heterocycles. The highest BCUT2D eigenvalue weighted by Gasteiger charge is 2.34. The molecule has 0 saturated heterocycles. The standard InChI is InChI=1S/C22H22FNO3/c23-20-11-10-16(14-19(20)15-8-9-15)27-13-5-1-4-12-24-21(25)17-6-2-3-7-18(17)22(24)26/h2-3,6-7,10-11,14-15H,1,4-5,8-9,12-13H2. The van der Waals surface area contributed by atoms with Crippen LogP contribution in [0, 0.1) is 5.82 Å². The summed E-state index contributed by atoms with van der Waals surface area (Å²) in [4.78, 5) is 25.9. The summed E-state index contributed by atoms with van der Waals surface area (Å²) in [5, 5.41) is 0. The Labute approximate surface area is 157 Å². The highest BCUT2D eigenvalue weighted by Crippen LogP contribution is 2.42. The maximum atomic E-state index is 13.7. The monoisotopic (exact) mass is 367 g/mol. The van der Waals surface area contributed by atoms with Crippen LogP contribution in [0.15, 0.2) is 42.5 Å². The normalized spacial score (nSPS) is 16.0. The Kier molecular flexibility index (Phi) is 4.92. The van der Waals surface area contributed by atoms with Crippen LogP contribution in [0.5, 0.6) is 5.75 Å². The molecule has 0 bridgehead atoms. The number of hydrogen-bond acceptors (Lipinski definition) is 3. The van der Waals surface area contributed by atoms with Crippen LogP contribution in [0.3, 0.4) is 0 Å². The molecule has 1 saturated carbocycles. The van der Waals surface area contributed by atoms with Crippen molar-refractivity contribution in [1.82, 2.24) is 4.90 Å². The highest BCUT2D eigenvalue weighted by atomic mass is 19.1. The fourth-order valence-corrected chi connectivity index (χ4v) is 3.50. The first-order valence-corrected chi connectivity index (χ1v) is 9.52. The largest absolute Gasteiger partial charge is 0.494 e. The topological polar surface area (TPSA) is 46.6 Å². The number of carbonyl (C=O) groups is 2. The lowest BCUT2D eigenvalue weighted by atomic mass is 10.1. The molecule has 0 spiro atoms. The zero-order valence-corrected chi connectivity index (χ0v) is 15.1. The van der Waals surface area contributed by atoms with Gasteiger partial charge in [0.1, 0.15) is 11.6 Å². The third-order valence-electron chi connectivity index (χ3n) is 5.16. The van der Waals surface area contributed by atoms with Gasteiger partial charge in [-0.15, -0.1) is 0 Å². The minimum atomic E-state index is -0.203. The van der Waals surface area contributed by atoms with Crippen molar-refractivity contribution in [2.24, 2.45) is 0 Å². The van der Waals surface area contributed by atoms with Gasteiger partial charge >= 0.3 is 0 Å². The second kappa shape index (κ2) is 7.51. The molecule has 4 rings (SSSR count). The van der Waals surface area contributed by atoms with Gasteiger partial charge in [0.25, 0.3) is 11.8 Å². The quantitative estimate of drug-likeness (QED) is 0.508. The van der Waals surface area contributed by atoms with E-state index in [-0.39, 0.29) is 17.6 Å². The summed E-state index contributed by atoms with van der Waals surface area (Å²) in [6, 6.07) is 11.9. The summed E-state index contributed by atoms with van der Waals surface area (Å²) in [6.45, 7) is 0.965. The Morgan fingerprint density at radius 3 is 2.33 bits per heavy atom. The SMILES string of the molecule is O=C1c2ccccc2C(=O)N1CCCCCOc1ccc(F)c(C2CC2)c1. The van der Waals surface area contributed by atoms with Gasteiger partial charge in [-0.05, 0) is 73.9 Å². The number of nitrogens with zero attached hydrogens (tertiary/aromatic N) is 1. The average Bonchev–Trinajstić information content (AvgIpc) is 3.49. The fraction of sp³-hybridized carbons (Fsp3) is 0.364. The average molecular weight is 367 g/mol. The number of amides is 2. The summed E-state index contributed by atoms with van der Waals surface area (Å²) in [5.41, 5.74) is 1.75. The van der Waals surface area contributed by atoms with Crippen LogP contribution < -0.4 is 4.74 Å². The van der Waals surface area contributed by atoms with Crippen molar-refractivity contribution >= 4 is 11.8 Å². The van der Waals surface area contributed by atoms with Gasteiger partial charge in [0.2, 0.25) is 0 Å². The number of halogens is 1. The van der Waals surface area contributed by atoms with Crippen molar-refractivity contribution in [3.8, 4) is 5.75 Å². The maximum absolute atomic E-state index is 13.7. The zero-order chi connectivity index (χ0) is 18.8. The molecule has 2 amide bonds. The summed E-state index contributed by atoms with van der Waals surface area (Å²) >= 11 is 0. The number of carbonyl (C=O) groups excluding carboxylic acids is 2. The smallest absolute Gasteiger partial charge is 0.261 e. The van der Waals surface area contributed by atoms with E-state index < -0.39 is 0 Å². The minimum absolute atomic E-state index is 0.147. The Bertz CT molecular complexity index is 841. The summed E-state index contributed by atoms with van der Waals surface area (Å²) in [7, 11) is 0. The van der Waals surface area contributed by atoms with Gasteiger partial charge in [-0.2, -0.15) is 0 Å². The van der Waals surface area contributed by atoms with E-state index in [1.165, 1.54) is 11.0 Å². The molecule has 1 aliphatic carbocycles. The number of imide groups is 1. The number of rotatable bonds is 8. The van der Waals surface area contributed by atoms with Crippen molar-refractivity contribution in [2.45, 2.75) is 38.0 Å². The number of benzene rings is 2. The summed E-state index contributed by atoms with van der Waals surface area (Å²) in [6.07, 6.45) is 4.52.